The molecule has 0 heterocycles. The molecule has 0 aromatic heterocycles. The Hall–Kier alpha value is -2.42. The first-order chi connectivity index (χ1) is 20.6. The van der Waals surface area contributed by atoms with Crippen molar-refractivity contribution < 1.29 is 32.3 Å². The van der Waals surface area contributed by atoms with Crippen LogP contribution in [0.25, 0.3) is 0 Å². The maximum atomic E-state index is 15.4. The van der Waals surface area contributed by atoms with Gasteiger partial charge in [-0.2, -0.15) is 8.78 Å². The van der Waals surface area contributed by atoms with E-state index in [0.717, 1.165) is 11.6 Å². The second-order valence-corrected chi connectivity index (χ2v) is 18.3. The van der Waals surface area contributed by atoms with Gasteiger partial charge in [0.25, 0.3) is 5.92 Å². The SMILES string of the molecule is CC/C=C/C(F)(F)C(/C=C/[C@@H]1[C@H](O[Si](C)(C)C(C)(C)C)CC(=O)[C@@H]1CC=CCCCC(=O)OC(C)C)OCc1ccccc1. The fourth-order valence-electron chi connectivity index (χ4n) is 4.88. The van der Waals surface area contributed by atoms with Crippen LogP contribution in [0.15, 0.2) is 66.8 Å². The van der Waals surface area contributed by atoms with E-state index in [9.17, 15) is 9.59 Å². The third-order valence-corrected chi connectivity index (χ3v) is 12.9. The van der Waals surface area contributed by atoms with Crippen LogP contribution in [0.3, 0.4) is 0 Å². The van der Waals surface area contributed by atoms with Crippen molar-refractivity contribution >= 4 is 20.1 Å². The Kier molecular flexibility index (Phi) is 14.9. The molecular weight excluding hydrogens is 578 g/mol. The number of halogens is 2. The Morgan fingerprint density at radius 3 is 2.39 bits per heavy atom. The normalized spacial score (nSPS) is 20.9. The Bertz CT molecular complexity index is 1120. The van der Waals surface area contributed by atoms with Crippen LogP contribution in [0.2, 0.25) is 18.1 Å². The summed E-state index contributed by atoms with van der Waals surface area (Å²) in [6.07, 6.45) is 10.3. The number of esters is 1. The van der Waals surface area contributed by atoms with Crippen LogP contribution in [0, 0.1) is 11.8 Å². The van der Waals surface area contributed by atoms with Gasteiger partial charge in [0.05, 0.1) is 18.8 Å². The highest BCUT2D eigenvalue weighted by Crippen LogP contribution is 2.43. The fraction of sp³-hybridized carbons (Fsp3) is 0.611. The number of ketones is 1. The summed E-state index contributed by atoms with van der Waals surface area (Å²) in [5, 5.41) is -0.0711. The Morgan fingerprint density at radius 2 is 1.77 bits per heavy atom. The van der Waals surface area contributed by atoms with Gasteiger partial charge in [-0.1, -0.05) is 88.4 Å². The van der Waals surface area contributed by atoms with Crippen LogP contribution in [0.4, 0.5) is 8.78 Å². The highest BCUT2D eigenvalue weighted by atomic mass is 28.4. The zero-order chi connectivity index (χ0) is 33.0. The van der Waals surface area contributed by atoms with E-state index in [-0.39, 0.29) is 41.8 Å². The van der Waals surface area contributed by atoms with Gasteiger partial charge in [0, 0.05) is 24.7 Å². The summed E-state index contributed by atoms with van der Waals surface area (Å²) >= 11 is 0. The molecule has 0 radical (unpaired) electrons. The number of hydrogen-bond donors (Lipinski definition) is 0. The molecule has 0 amide bonds. The molecular formula is C36H54F2O5Si. The van der Waals surface area contributed by atoms with E-state index in [4.69, 9.17) is 13.9 Å². The maximum Gasteiger partial charge on any atom is 0.306 e. The predicted molar refractivity (Wildman–Crippen MR) is 176 cm³/mol. The van der Waals surface area contributed by atoms with Crippen LogP contribution in [0.1, 0.15) is 85.6 Å². The van der Waals surface area contributed by atoms with Gasteiger partial charge in [-0.3, -0.25) is 9.59 Å². The Balaban J connectivity index is 2.29. The summed E-state index contributed by atoms with van der Waals surface area (Å²) in [7, 11) is -2.25. The second kappa shape index (κ2) is 17.3. The van der Waals surface area contributed by atoms with E-state index in [1.807, 2.05) is 63.3 Å². The number of carbonyl (C=O) groups is 2. The molecule has 0 aliphatic heterocycles. The highest BCUT2D eigenvalue weighted by molar-refractivity contribution is 6.74. The van der Waals surface area contributed by atoms with Gasteiger partial charge in [0.1, 0.15) is 11.9 Å². The summed E-state index contributed by atoms with van der Waals surface area (Å²) in [6, 6.07) is 9.25. The average molecular weight is 633 g/mol. The topological polar surface area (TPSA) is 61.8 Å². The predicted octanol–water partition coefficient (Wildman–Crippen LogP) is 9.39. The molecule has 0 N–H and O–H groups in total. The monoisotopic (exact) mass is 632 g/mol. The van der Waals surface area contributed by atoms with E-state index in [2.05, 4.69) is 33.9 Å². The number of carbonyl (C=O) groups excluding carboxylic acids is 2. The van der Waals surface area contributed by atoms with Gasteiger partial charge < -0.3 is 13.9 Å². The number of rotatable bonds is 17. The third kappa shape index (κ3) is 12.2. The lowest BCUT2D eigenvalue weighted by Gasteiger charge is -2.39. The maximum absolute atomic E-state index is 15.4. The summed E-state index contributed by atoms with van der Waals surface area (Å²) in [5.74, 6) is -4.13. The van der Waals surface area contributed by atoms with Crippen molar-refractivity contribution in [1.29, 1.82) is 0 Å². The van der Waals surface area contributed by atoms with E-state index >= 15 is 8.78 Å². The number of unbranched alkanes of at least 4 members (excludes halogenated alkanes) is 1. The largest absolute Gasteiger partial charge is 0.463 e. The van der Waals surface area contributed by atoms with Crippen LogP contribution in [0.5, 0.6) is 0 Å². The molecule has 1 aromatic carbocycles. The van der Waals surface area contributed by atoms with Gasteiger partial charge >= 0.3 is 5.97 Å². The summed E-state index contributed by atoms with van der Waals surface area (Å²) in [4.78, 5) is 25.2. The first-order valence-electron chi connectivity index (χ1n) is 16.0. The number of Topliss-reactive ketones (excluding diaryl/α,β-unsaturated/α-hetero) is 1. The van der Waals surface area contributed by atoms with E-state index in [1.165, 1.54) is 12.2 Å². The number of alkyl halides is 2. The van der Waals surface area contributed by atoms with Crippen molar-refractivity contribution in [2.75, 3.05) is 0 Å². The van der Waals surface area contributed by atoms with E-state index in [1.54, 1.807) is 6.08 Å². The molecule has 8 heteroatoms. The van der Waals surface area contributed by atoms with Gasteiger partial charge in [-0.15, -0.1) is 0 Å². The number of benzene rings is 1. The average Bonchev–Trinajstić information content (AvgIpc) is 3.21. The lowest BCUT2D eigenvalue weighted by atomic mass is 9.90. The molecule has 44 heavy (non-hydrogen) atoms. The van der Waals surface area contributed by atoms with Crippen molar-refractivity contribution in [3.8, 4) is 0 Å². The zero-order valence-corrected chi connectivity index (χ0v) is 29.0. The van der Waals surface area contributed by atoms with Crippen molar-refractivity contribution in [2.45, 2.75) is 129 Å². The van der Waals surface area contributed by atoms with Crippen LogP contribution < -0.4 is 0 Å². The molecule has 1 unspecified atom stereocenters. The lowest BCUT2D eigenvalue weighted by molar-refractivity contribution is -0.147. The second-order valence-electron chi connectivity index (χ2n) is 13.5. The molecule has 1 aliphatic carbocycles. The molecule has 4 atom stereocenters. The molecule has 0 saturated heterocycles. The minimum absolute atomic E-state index is 0.0375. The highest BCUT2D eigenvalue weighted by Gasteiger charge is 2.47. The molecule has 5 nitrogen and oxygen atoms in total. The zero-order valence-electron chi connectivity index (χ0n) is 28.0. The van der Waals surface area contributed by atoms with Gasteiger partial charge in [-0.25, -0.2) is 0 Å². The van der Waals surface area contributed by atoms with Crippen molar-refractivity contribution in [2.24, 2.45) is 11.8 Å². The van der Waals surface area contributed by atoms with Crippen molar-refractivity contribution in [3.63, 3.8) is 0 Å². The molecule has 1 aromatic rings. The number of hydrogen-bond acceptors (Lipinski definition) is 5. The Morgan fingerprint density at radius 1 is 1.09 bits per heavy atom. The van der Waals surface area contributed by atoms with Crippen LogP contribution >= 0.6 is 0 Å². The van der Waals surface area contributed by atoms with Crippen LogP contribution in [-0.2, 0) is 30.1 Å². The van der Waals surface area contributed by atoms with Gasteiger partial charge in [-0.05, 0) is 69.3 Å². The number of ether oxygens (including phenoxy) is 2. The van der Waals surface area contributed by atoms with Gasteiger partial charge in [0.2, 0.25) is 0 Å². The Labute approximate surface area is 265 Å². The molecule has 0 bridgehead atoms. The van der Waals surface area contributed by atoms with Gasteiger partial charge in [0.15, 0.2) is 8.32 Å². The molecule has 1 aliphatic rings. The summed E-state index contributed by atoms with van der Waals surface area (Å²) < 4.78 is 48.5. The molecule has 1 saturated carbocycles. The molecule has 246 valence electrons. The standard InChI is InChI=1S/C36H54F2O5Si/c1-9-10-24-36(37,38)33(41-26-28-18-14-13-15-19-28)23-22-30-29(20-16-11-12-17-21-34(40)42-27(2)3)31(39)25-32(30)43-44(7,8)35(4,5)6/h10-11,13-16,18-19,22-24,27,29-30,32-33H,9,12,17,20-21,25-26H2,1-8H3/b16-11?,23-22+,24-10+/t29-,30+,32-,33?/m1/s1. The lowest BCUT2D eigenvalue weighted by Crippen LogP contribution is -2.45. The van der Waals surface area contributed by atoms with Crippen molar-refractivity contribution in [1.82, 2.24) is 0 Å². The minimum Gasteiger partial charge on any atom is -0.463 e. The molecule has 1 fully saturated rings. The first kappa shape index (κ1) is 37.8. The number of allylic oxidation sites excluding steroid dienone is 3. The van der Waals surface area contributed by atoms with E-state index < -0.39 is 32.4 Å². The van der Waals surface area contributed by atoms with E-state index in [0.29, 0.717) is 32.1 Å². The van der Waals surface area contributed by atoms with Crippen molar-refractivity contribution in [3.05, 3.63) is 72.4 Å². The summed E-state index contributed by atoms with van der Waals surface area (Å²) in [6.45, 7) is 16.2. The molecule has 2 rings (SSSR count). The first-order valence-corrected chi connectivity index (χ1v) is 18.9. The third-order valence-electron chi connectivity index (χ3n) is 8.37. The van der Waals surface area contributed by atoms with Crippen LogP contribution in [-0.4, -0.2) is 44.3 Å². The summed E-state index contributed by atoms with van der Waals surface area (Å²) in [5.41, 5.74) is 0.803. The minimum atomic E-state index is -3.23. The quantitative estimate of drug-likeness (QED) is 0.0741. The fourth-order valence-corrected chi connectivity index (χ4v) is 6.23. The smallest absolute Gasteiger partial charge is 0.306 e. The molecule has 0 spiro atoms.